The van der Waals surface area contributed by atoms with Crippen molar-refractivity contribution in [2.24, 2.45) is 5.73 Å². The molecular weight excluding hydrogens is 233 g/mol. The van der Waals surface area contributed by atoms with E-state index in [-0.39, 0.29) is 6.29 Å². The Morgan fingerprint density at radius 2 is 2.00 bits per heavy atom. The van der Waals surface area contributed by atoms with Crippen LogP contribution in [0, 0.1) is 0 Å². The topological polar surface area (TPSA) is 52.3 Å². The van der Waals surface area contributed by atoms with Crippen LogP contribution >= 0.6 is 7.37 Å². The van der Waals surface area contributed by atoms with Crippen LogP contribution in [0.5, 0.6) is 0 Å². The lowest BCUT2D eigenvalue weighted by Gasteiger charge is -2.15. The Balaban J connectivity index is 2.52. The van der Waals surface area contributed by atoms with Gasteiger partial charge in [-0.2, -0.15) is 0 Å². The normalized spacial score (nSPS) is 14.9. The Bertz CT molecular complexity index is 390. The minimum atomic E-state index is -2.70. The lowest BCUT2D eigenvalue weighted by molar-refractivity contribution is 0.304. The molecule has 0 radical (unpaired) electrons. The molecule has 0 fully saturated rings. The van der Waals surface area contributed by atoms with E-state index in [1.54, 1.807) is 0 Å². The van der Waals surface area contributed by atoms with Gasteiger partial charge in [0.1, 0.15) is 0 Å². The molecule has 0 bridgehead atoms. The summed E-state index contributed by atoms with van der Waals surface area (Å²) in [5, 5.41) is 0. The SMILES string of the molecule is CCC=CCP(=O)(CN)OCc1ccccc1. The monoisotopic (exact) mass is 253 g/mol. The second-order valence-corrected chi connectivity index (χ2v) is 6.44. The second kappa shape index (κ2) is 7.44. The third kappa shape index (κ3) is 5.31. The third-order valence-electron chi connectivity index (χ3n) is 2.37. The van der Waals surface area contributed by atoms with Crippen molar-refractivity contribution in [1.82, 2.24) is 0 Å². The predicted molar refractivity (Wildman–Crippen MR) is 72.2 cm³/mol. The maximum absolute atomic E-state index is 12.2. The van der Waals surface area contributed by atoms with Crippen LogP contribution in [0.1, 0.15) is 18.9 Å². The summed E-state index contributed by atoms with van der Waals surface area (Å²) in [6.07, 6.45) is 5.31. The van der Waals surface area contributed by atoms with Crippen molar-refractivity contribution in [3.8, 4) is 0 Å². The largest absolute Gasteiger partial charge is 0.323 e. The Hall–Kier alpha value is -0.890. The van der Waals surface area contributed by atoms with E-state index in [4.69, 9.17) is 10.3 Å². The van der Waals surface area contributed by atoms with Crippen LogP contribution in [0.3, 0.4) is 0 Å². The molecule has 4 heteroatoms. The zero-order valence-electron chi connectivity index (χ0n) is 10.2. The van der Waals surface area contributed by atoms with Crippen molar-refractivity contribution < 1.29 is 9.09 Å². The highest BCUT2D eigenvalue weighted by atomic mass is 31.2. The molecule has 0 aromatic heterocycles. The van der Waals surface area contributed by atoms with E-state index in [1.807, 2.05) is 49.4 Å². The fourth-order valence-corrected chi connectivity index (χ4v) is 2.56. The Morgan fingerprint density at radius 1 is 1.29 bits per heavy atom. The first-order valence-electron chi connectivity index (χ1n) is 5.82. The Morgan fingerprint density at radius 3 is 2.59 bits per heavy atom. The number of hydrogen-bond acceptors (Lipinski definition) is 3. The van der Waals surface area contributed by atoms with Crippen molar-refractivity contribution in [1.29, 1.82) is 0 Å². The van der Waals surface area contributed by atoms with Gasteiger partial charge in [0.15, 0.2) is 0 Å². The molecular formula is C13H20NO2P. The fraction of sp³-hybridized carbons (Fsp3) is 0.385. The number of nitrogens with two attached hydrogens (primary N) is 1. The molecule has 0 spiro atoms. The molecule has 0 saturated heterocycles. The summed E-state index contributed by atoms with van der Waals surface area (Å²) in [7, 11) is -2.70. The van der Waals surface area contributed by atoms with Gasteiger partial charge in [-0.1, -0.05) is 49.4 Å². The molecule has 0 heterocycles. The van der Waals surface area contributed by atoms with Gasteiger partial charge in [0.2, 0.25) is 7.37 Å². The first-order chi connectivity index (χ1) is 8.20. The summed E-state index contributed by atoms with van der Waals surface area (Å²) in [6, 6.07) is 9.70. The van der Waals surface area contributed by atoms with Crippen LogP contribution in [0.25, 0.3) is 0 Å². The van der Waals surface area contributed by atoms with Gasteiger partial charge in [-0.05, 0) is 12.0 Å². The molecule has 1 atom stereocenters. The summed E-state index contributed by atoms with van der Waals surface area (Å²) in [5.41, 5.74) is 6.55. The van der Waals surface area contributed by atoms with E-state index < -0.39 is 7.37 Å². The molecule has 1 aromatic carbocycles. The average molecular weight is 253 g/mol. The third-order valence-corrected chi connectivity index (χ3v) is 4.30. The van der Waals surface area contributed by atoms with Gasteiger partial charge in [-0.15, -0.1) is 0 Å². The van der Waals surface area contributed by atoms with E-state index >= 15 is 0 Å². The summed E-state index contributed by atoms with van der Waals surface area (Å²) >= 11 is 0. The number of rotatable bonds is 7. The van der Waals surface area contributed by atoms with Gasteiger partial charge < -0.3 is 10.3 Å². The summed E-state index contributed by atoms with van der Waals surface area (Å²) in [4.78, 5) is 0. The number of benzene rings is 1. The molecule has 1 unspecified atom stereocenters. The quantitative estimate of drug-likeness (QED) is 0.598. The van der Waals surface area contributed by atoms with Crippen LogP contribution in [0.2, 0.25) is 0 Å². The van der Waals surface area contributed by atoms with Gasteiger partial charge in [0.25, 0.3) is 0 Å². The summed E-state index contributed by atoms with van der Waals surface area (Å²) < 4.78 is 17.7. The molecule has 94 valence electrons. The van der Waals surface area contributed by atoms with E-state index in [0.717, 1.165) is 12.0 Å². The fourth-order valence-electron chi connectivity index (χ4n) is 1.35. The molecule has 2 N–H and O–H groups in total. The Kier molecular flexibility index (Phi) is 6.20. The molecule has 0 saturated carbocycles. The van der Waals surface area contributed by atoms with Crippen LogP contribution in [-0.4, -0.2) is 12.4 Å². The first-order valence-corrected chi connectivity index (χ1v) is 7.81. The van der Waals surface area contributed by atoms with E-state index in [2.05, 4.69) is 0 Å². The summed E-state index contributed by atoms with van der Waals surface area (Å²) in [5.74, 6) is 0. The van der Waals surface area contributed by atoms with Crippen molar-refractivity contribution >= 4 is 7.37 Å². The lowest BCUT2D eigenvalue weighted by Crippen LogP contribution is -2.06. The maximum Gasteiger partial charge on any atom is 0.220 e. The minimum absolute atomic E-state index is 0.0912. The molecule has 1 rings (SSSR count). The highest BCUT2D eigenvalue weighted by Gasteiger charge is 2.19. The van der Waals surface area contributed by atoms with Crippen LogP contribution in [-0.2, 0) is 15.7 Å². The highest BCUT2D eigenvalue weighted by molar-refractivity contribution is 7.59. The van der Waals surface area contributed by atoms with Crippen LogP contribution in [0.4, 0.5) is 0 Å². The van der Waals surface area contributed by atoms with Gasteiger partial charge in [-0.3, -0.25) is 4.57 Å². The van der Waals surface area contributed by atoms with E-state index in [9.17, 15) is 4.57 Å². The van der Waals surface area contributed by atoms with Crippen molar-refractivity contribution in [3.05, 3.63) is 48.0 Å². The first kappa shape index (κ1) is 14.2. The van der Waals surface area contributed by atoms with Gasteiger partial charge >= 0.3 is 0 Å². The molecule has 1 aromatic rings. The van der Waals surface area contributed by atoms with Crippen LogP contribution < -0.4 is 5.73 Å². The van der Waals surface area contributed by atoms with E-state index in [0.29, 0.717) is 12.8 Å². The van der Waals surface area contributed by atoms with Crippen LogP contribution in [0.15, 0.2) is 42.5 Å². The minimum Gasteiger partial charge on any atom is -0.323 e. The second-order valence-electron chi connectivity index (χ2n) is 3.82. The molecule has 0 amide bonds. The smallest absolute Gasteiger partial charge is 0.220 e. The molecule has 0 aliphatic rings. The molecule has 0 aliphatic carbocycles. The molecule has 0 aliphatic heterocycles. The maximum atomic E-state index is 12.2. The van der Waals surface area contributed by atoms with Crippen molar-refractivity contribution in [2.45, 2.75) is 20.0 Å². The Labute approximate surface area is 103 Å². The standard InChI is InChI=1S/C13H20NO2P/c1-2-3-7-10-17(15,12-14)16-11-13-8-5-4-6-9-13/h3-9H,2,10-12,14H2,1H3. The summed E-state index contributed by atoms with van der Waals surface area (Å²) in [6.45, 7) is 2.39. The van der Waals surface area contributed by atoms with Crippen molar-refractivity contribution in [3.63, 3.8) is 0 Å². The highest BCUT2D eigenvalue weighted by Crippen LogP contribution is 2.45. The van der Waals surface area contributed by atoms with Crippen molar-refractivity contribution in [2.75, 3.05) is 12.4 Å². The zero-order valence-corrected chi connectivity index (χ0v) is 11.1. The number of allylic oxidation sites excluding steroid dienone is 2. The van der Waals surface area contributed by atoms with Gasteiger partial charge in [0.05, 0.1) is 12.9 Å². The predicted octanol–water partition coefficient (Wildman–Crippen LogP) is 3.36. The molecule has 3 nitrogen and oxygen atoms in total. The van der Waals surface area contributed by atoms with E-state index in [1.165, 1.54) is 0 Å². The molecule has 17 heavy (non-hydrogen) atoms. The van der Waals surface area contributed by atoms with Gasteiger partial charge in [-0.25, -0.2) is 0 Å². The zero-order chi connectivity index (χ0) is 12.6. The average Bonchev–Trinajstić information content (AvgIpc) is 2.38. The van der Waals surface area contributed by atoms with Gasteiger partial charge in [0, 0.05) is 6.16 Å². The lowest BCUT2D eigenvalue weighted by atomic mass is 10.2. The number of hydrogen-bond donors (Lipinski definition) is 1.